The molecule has 5 aliphatic heterocycles. The Balaban J connectivity index is 1.49. The number of amides is 1. The van der Waals surface area contributed by atoms with Gasteiger partial charge < -0.3 is 114 Å². The Morgan fingerprint density at radius 2 is 0.919 bits per heavy atom. The number of rotatable bonds is 13. The van der Waals surface area contributed by atoms with Gasteiger partial charge in [0.05, 0.1) is 31.5 Å². The van der Waals surface area contributed by atoms with Crippen LogP contribution in [-0.2, 0) is 66.5 Å². The molecule has 5 aliphatic rings. The highest BCUT2D eigenvalue weighted by molar-refractivity contribution is 5.73. The zero-order chi connectivity index (χ0) is 46.1. The highest BCUT2D eigenvalue weighted by atomic mass is 16.8. The van der Waals surface area contributed by atoms with Gasteiger partial charge in [0, 0.05) is 20.8 Å². The molecule has 1 amide bonds. The fourth-order valence-electron chi connectivity index (χ4n) is 7.85. The minimum absolute atomic E-state index is 0.753. The smallest absolute Gasteiger partial charge is 0.303 e. The fourth-order valence-corrected chi connectivity index (χ4v) is 7.85. The van der Waals surface area contributed by atoms with E-state index in [1.807, 2.05) is 0 Å². The molecule has 5 rings (SSSR count). The molecule has 0 saturated carbocycles. The number of aliphatic hydroxyl groups excluding tert-OH is 11. The average Bonchev–Trinajstić information content (AvgIpc) is 3.20. The number of carbonyl (C=O) groups excluding carboxylic acids is 3. The van der Waals surface area contributed by atoms with Gasteiger partial charge in [-0.2, -0.15) is 0 Å². The Kier molecular flexibility index (Phi) is 17.4. The normalized spacial score (nSPS) is 48.8. The van der Waals surface area contributed by atoms with Gasteiger partial charge in [-0.1, -0.05) is 0 Å². The summed E-state index contributed by atoms with van der Waals surface area (Å²) in [4.78, 5) is 36.9. The maximum atomic E-state index is 12.7. The quantitative estimate of drug-likeness (QED) is 0.0764. The number of esters is 2. The summed E-state index contributed by atoms with van der Waals surface area (Å²) in [6, 6.07) is -1.62. The highest BCUT2D eigenvalue weighted by Gasteiger charge is 2.58. The summed E-state index contributed by atoms with van der Waals surface area (Å²) in [5.41, 5.74) is 0. The molecule has 0 aromatic rings. The SMILES string of the molecule is CC(=O)N[C@@H]1[C@@H](O[C@@H]2O[C@@H](C)[C@H](O)[C@@H](O[C@@H]3O[C@@H](C)[C@H](O)[C@@H](O)[C@H]3O[C@@H]3O[C@@H](C)[C@H](O)[C@@H](OC(C)=O)[C@H]3O)[C@H]2OC(C)=O)[C@H](O[C@H]2O[C@H](CO)[C@@H](O)[C@H](O)[C@H]2O)[C@@H](CO)O[C@H]1O. The number of carbonyl (C=O) groups is 3. The van der Waals surface area contributed by atoms with E-state index < -0.39 is 185 Å². The summed E-state index contributed by atoms with van der Waals surface area (Å²) >= 11 is 0. The number of aliphatic hydroxyl groups is 11. The van der Waals surface area contributed by atoms with Crippen molar-refractivity contribution >= 4 is 17.8 Å². The summed E-state index contributed by atoms with van der Waals surface area (Å²) in [6.45, 7) is 5.39. The van der Waals surface area contributed by atoms with Crippen LogP contribution < -0.4 is 5.32 Å². The predicted molar refractivity (Wildman–Crippen MR) is 193 cm³/mol. The molecule has 26 nitrogen and oxygen atoms in total. The average molecular weight is 906 g/mol. The van der Waals surface area contributed by atoms with Crippen molar-refractivity contribution in [3.63, 3.8) is 0 Å². The summed E-state index contributed by atoms with van der Waals surface area (Å²) in [7, 11) is 0. The van der Waals surface area contributed by atoms with Gasteiger partial charge in [-0.25, -0.2) is 0 Å². The van der Waals surface area contributed by atoms with Crippen molar-refractivity contribution in [3.8, 4) is 0 Å². The third-order valence-corrected chi connectivity index (χ3v) is 11.2. The number of nitrogens with one attached hydrogen (secondary N) is 1. The second-order valence-electron chi connectivity index (χ2n) is 15.8. The Hall–Kier alpha value is -2.39. The van der Waals surface area contributed by atoms with Crippen molar-refractivity contribution in [1.29, 1.82) is 0 Å². The summed E-state index contributed by atoms with van der Waals surface area (Å²) in [5, 5.41) is 120. The molecule has 0 unspecified atom stereocenters. The van der Waals surface area contributed by atoms with Crippen LogP contribution in [0.3, 0.4) is 0 Å². The Morgan fingerprint density at radius 1 is 0.452 bits per heavy atom. The third kappa shape index (κ3) is 11.0. The van der Waals surface area contributed by atoms with Crippen LogP contribution in [0.1, 0.15) is 41.5 Å². The van der Waals surface area contributed by atoms with Crippen LogP contribution in [0, 0.1) is 0 Å². The van der Waals surface area contributed by atoms with Crippen LogP contribution >= 0.6 is 0 Å². The molecule has 5 heterocycles. The van der Waals surface area contributed by atoms with Gasteiger partial charge in [0.25, 0.3) is 0 Å². The van der Waals surface area contributed by atoms with E-state index in [0.29, 0.717) is 0 Å². The molecular weight excluding hydrogens is 846 g/mol. The monoisotopic (exact) mass is 905 g/mol. The fraction of sp³-hybridized carbons (Fsp3) is 0.917. The standard InChI is InChI=1S/C36H59NO25/c1-9-18(43)23(48)30(62-34-25(50)28(55-13(5)41)19(44)10(2)52-34)35(53-9)61-29-20(45)11(3)54-36(31(29)56-14(6)42)60-27-17(37-12(4)40)32(51)57-16(8-39)26(27)59-33-24(49)22(47)21(46)15(7-38)58-33/h9-11,15-36,38-39,43-51H,7-8H2,1-6H3,(H,37,40)/t9-,10-,11-,15+,16+,17+,18-,19-,20-,21+,22-,23+,24+,25+,26+,27+,28+,29+,30+,31+,32+,33+,34-,35-,36-/m0/s1. The maximum absolute atomic E-state index is 12.7. The van der Waals surface area contributed by atoms with Gasteiger partial charge in [0.1, 0.15) is 91.5 Å². The van der Waals surface area contributed by atoms with Crippen LogP contribution in [0.25, 0.3) is 0 Å². The van der Waals surface area contributed by atoms with Gasteiger partial charge in [-0.05, 0) is 20.8 Å². The molecule has 5 saturated heterocycles. The lowest BCUT2D eigenvalue weighted by Gasteiger charge is -2.51. The molecule has 12 N–H and O–H groups in total. The van der Waals surface area contributed by atoms with E-state index in [1.165, 1.54) is 20.8 Å². The molecule has 358 valence electrons. The second-order valence-corrected chi connectivity index (χ2v) is 15.8. The third-order valence-electron chi connectivity index (χ3n) is 11.2. The van der Waals surface area contributed by atoms with Crippen molar-refractivity contribution in [2.24, 2.45) is 0 Å². The van der Waals surface area contributed by atoms with Crippen molar-refractivity contribution in [1.82, 2.24) is 5.32 Å². The topological polar surface area (TPSA) is 387 Å². The first-order chi connectivity index (χ1) is 29.1. The first-order valence-electron chi connectivity index (χ1n) is 19.9. The molecule has 0 aliphatic carbocycles. The summed E-state index contributed by atoms with van der Waals surface area (Å²) < 4.78 is 63.5. The van der Waals surface area contributed by atoms with E-state index in [4.69, 9.17) is 52.1 Å². The van der Waals surface area contributed by atoms with Crippen molar-refractivity contribution < 1.29 is 123 Å². The lowest BCUT2D eigenvalue weighted by Crippen LogP contribution is -2.70. The Labute approximate surface area is 354 Å². The van der Waals surface area contributed by atoms with Gasteiger partial charge >= 0.3 is 11.9 Å². The number of hydrogen-bond acceptors (Lipinski definition) is 25. The van der Waals surface area contributed by atoms with Crippen LogP contribution in [0.5, 0.6) is 0 Å². The zero-order valence-electron chi connectivity index (χ0n) is 34.5. The molecular formula is C36H59NO25. The predicted octanol–water partition coefficient (Wildman–Crippen LogP) is -7.56. The number of ether oxygens (including phenoxy) is 11. The Bertz CT molecular complexity index is 1500. The van der Waals surface area contributed by atoms with E-state index in [1.54, 1.807) is 0 Å². The number of hydrogen-bond donors (Lipinski definition) is 12. The molecule has 26 heteroatoms. The summed E-state index contributed by atoms with van der Waals surface area (Å²) in [6.07, 6.45) is -40.8. The second kappa shape index (κ2) is 21.3. The molecule has 0 bridgehead atoms. The van der Waals surface area contributed by atoms with Crippen LogP contribution in [-0.4, -0.2) is 241 Å². The van der Waals surface area contributed by atoms with Crippen molar-refractivity contribution in [2.45, 2.75) is 195 Å². The molecule has 0 aromatic carbocycles. The largest absolute Gasteiger partial charge is 0.457 e. The maximum Gasteiger partial charge on any atom is 0.303 e. The van der Waals surface area contributed by atoms with E-state index in [2.05, 4.69) is 5.32 Å². The van der Waals surface area contributed by atoms with E-state index >= 15 is 0 Å². The van der Waals surface area contributed by atoms with Crippen molar-refractivity contribution in [2.75, 3.05) is 13.2 Å². The van der Waals surface area contributed by atoms with E-state index in [-0.39, 0.29) is 0 Å². The lowest BCUT2D eigenvalue weighted by atomic mass is 9.94. The molecule has 5 fully saturated rings. The van der Waals surface area contributed by atoms with Crippen LogP contribution in [0.15, 0.2) is 0 Å². The zero-order valence-corrected chi connectivity index (χ0v) is 34.5. The van der Waals surface area contributed by atoms with Gasteiger partial charge in [-0.15, -0.1) is 0 Å². The molecule has 0 spiro atoms. The molecule has 0 radical (unpaired) electrons. The Morgan fingerprint density at radius 3 is 1.48 bits per heavy atom. The minimum Gasteiger partial charge on any atom is -0.457 e. The molecule has 0 aromatic heterocycles. The van der Waals surface area contributed by atoms with E-state index in [0.717, 1.165) is 20.8 Å². The van der Waals surface area contributed by atoms with Gasteiger partial charge in [0.2, 0.25) is 5.91 Å². The molecule has 25 atom stereocenters. The van der Waals surface area contributed by atoms with E-state index in [9.17, 15) is 70.6 Å². The van der Waals surface area contributed by atoms with Crippen LogP contribution in [0.4, 0.5) is 0 Å². The van der Waals surface area contributed by atoms with Crippen molar-refractivity contribution in [3.05, 3.63) is 0 Å². The van der Waals surface area contributed by atoms with Crippen LogP contribution in [0.2, 0.25) is 0 Å². The first-order valence-corrected chi connectivity index (χ1v) is 19.9. The minimum atomic E-state index is -1.99. The lowest BCUT2D eigenvalue weighted by molar-refractivity contribution is -0.393. The molecule has 62 heavy (non-hydrogen) atoms. The highest BCUT2D eigenvalue weighted by Crippen LogP contribution is 2.37. The van der Waals surface area contributed by atoms with Gasteiger partial charge in [0.15, 0.2) is 43.7 Å². The summed E-state index contributed by atoms with van der Waals surface area (Å²) in [5.74, 6) is -2.61. The first kappa shape index (κ1) is 50.6. The van der Waals surface area contributed by atoms with Gasteiger partial charge in [-0.3, -0.25) is 14.4 Å².